The van der Waals surface area contributed by atoms with Gasteiger partial charge in [0.2, 0.25) is 20.0 Å². The van der Waals surface area contributed by atoms with Gasteiger partial charge in [-0.25, -0.2) is 21.6 Å². The predicted octanol–water partition coefficient (Wildman–Crippen LogP) is 2.05. The van der Waals surface area contributed by atoms with Crippen molar-refractivity contribution in [1.29, 1.82) is 0 Å². The molecular weight excluding hydrogens is 468 g/mol. The van der Waals surface area contributed by atoms with E-state index < -0.39 is 38.4 Å². The summed E-state index contributed by atoms with van der Waals surface area (Å²) in [6.45, 7) is 0.805. The molecule has 9 nitrogen and oxygen atoms in total. The highest BCUT2D eigenvalue weighted by Crippen LogP contribution is 2.25. The van der Waals surface area contributed by atoms with E-state index in [9.17, 15) is 26.4 Å². The summed E-state index contributed by atoms with van der Waals surface area (Å²) < 4.78 is 57.2. The number of hydrogen-bond acceptors (Lipinski definition) is 7. The van der Waals surface area contributed by atoms with Crippen molar-refractivity contribution in [3.8, 4) is 0 Å². The number of carbonyl (C=O) groups is 2. The van der Waals surface area contributed by atoms with Gasteiger partial charge < -0.3 is 4.74 Å². The lowest BCUT2D eigenvalue weighted by Crippen LogP contribution is -2.27. The largest absolute Gasteiger partial charge is 0.454 e. The normalized spacial score (nSPS) is 18.4. The standard InChI is InChI=1S/C22H24N2O7S2/c25-21(17-7-9-20(10-8-17)33(29,30)23-11-1-2-12-23)16-31-22(26)18-5-3-6-19(15-18)24-13-4-14-32(24,27)28/h3,5-10,15H,1-2,4,11-14,16H2. The first-order chi connectivity index (χ1) is 15.7. The van der Waals surface area contributed by atoms with Crippen LogP contribution in [0.25, 0.3) is 0 Å². The van der Waals surface area contributed by atoms with Gasteiger partial charge in [-0.1, -0.05) is 6.07 Å². The number of carbonyl (C=O) groups excluding carboxylic acids is 2. The fraction of sp³-hybridized carbons (Fsp3) is 0.364. The average molecular weight is 493 g/mol. The fourth-order valence-electron chi connectivity index (χ4n) is 3.91. The summed E-state index contributed by atoms with van der Waals surface area (Å²) in [5, 5.41) is 0. The number of anilines is 1. The van der Waals surface area contributed by atoms with Crippen LogP contribution in [0, 0.1) is 0 Å². The van der Waals surface area contributed by atoms with Gasteiger partial charge in [-0.05, 0) is 61.7 Å². The first-order valence-corrected chi connectivity index (χ1v) is 13.6. The highest BCUT2D eigenvalue weighted by atomic mass is 32.2. The summed E-state index contributed by atoms with van der Waals surface area (Å²) >= 11 is 0. The molecule has 0 bridgehead atoms. The maximum atomic E-state index is 12.6. The first kappa shape index (κ1) is 23.4. The van der Waals surface area contributed by atoms with Crippen LogP contribution in [-0.4, -0.2) is 64.9 Å². The van der Waals surface area contributed by atoms with Gasteiger partial charge in [0.25, 0.3) is 0 Å². The number of sulfonamides is 2. The number of benzene rings is 2. The maximum absolute atomic E-state index is 12.6. The van der Waals surface area contributed by atoms with Crippen LogP contribution in [-0.2, 0) is 24.8 Å². The molecule has 2 saturated heterocycles. The van der Waals surface area contributed by atoms with Crippen molar-refractivity contribution in [2.75, 3.05) is 36.3 Å². The van der Waals surface area contributed by atoms with E-state index in [1.165, 1.54) is 45.0 Å². The third-order valence-corrected chi connectivity index (χ3v) is 9.46. The Kier molecular flexibility index (Phi) is 6.55. The zero-order valence-corrected chi connectivity index (χ0v) is 19.5. The quantitative estimate of drug-likeness (QED) is 0.429. The molecule has 176 valence electrons. The Morgan fingerprint density at radius 3 is 2.24 bits per heavy atom. The van der Waals surface area contributed by atoms with E-state index in [1.807, 2.05) is 0 Å². The van der Waals surface area contributed by atoms with Crippen molar-refractivity contribution < 1.29 is 31.2 Å². The number of ketones is 1. The summed E-state index contributed by atoms with van der Waals surface area (Å²) in [7, 11) is -6.96. The molecule has 0 unspecified atom stereocenters. The molecule has 11 heteroatoms. The Labute approximate surface area is 193 Å². The molecule has 0 amide bonds. The number of esters is 1. The molecule has 2 heterocycles. The zero-order valence-electron chi connectivity index (χ0n) is 17.8. The Hall–Kier alpha value is -2.76. The minimum Gasteiger partial charge on any atom is -0.454 e. The van der Waals surface area contributed by atoms with Crippen LogP contribution in [0.1, 0.15) is 40.0 Å². The Morgan fingerprint density at radius 2 is 1.61 bits per heavy atom. The molecule has 4 rings (SSSR count). The van der Waals surface area contributed by atoms with Crippen molar-refractivity contribution in [2.45, 2.75) is 24.2 Å². The highest BCUT2D eigenvalue weighted by Gasteiger charge is 2.29. The van der Waals surface area contributed by atoms with Crippen molar-refractivity contribution in [3.63, 3.8) is 0 Å². The Balaban J connectivity index is 1.39. The minimum absolute atomic E-state index is 0.0638. The minimum atomic E-state index is -3.57. The van der Waals surface area contributed by atoms with Crippen LogP contribution in [0.4, 0.5) is 5.69 Å². The third kappa shape index (κ3) is 4.94. The number of nitrogens with zero attached hydrogens (tertiary/aromatic N) is 2. The van der Waals surface area contributed by atoms with Gasteiger partial charge in [0.15, 0.2) is 12.4 Å². The molecule has 0 spiro atoms. The second-order valence-corrected chi connectivity index (χ2v) is 11.9. The van der Waals surface area contributed by atoms with Gasteiger partial charge in [-0.3, -0.25) is 9.10 Å². The van der Waals surface area contributed by atoms with E-state index in [0.29, 0.717) is 31.7 Å². The molecule has 2 fully saturated rings. The van der Waals surface area contributed by atoms with E-state index in [-0.39, 0.29) is 21.8 Å². The van der Waals surface area contributed by atoms with Crippen molar-refractivity contribution >= 4 is 37.5 Å². The number of Topliss-reactive ketones (excluding diaryl/α,β-unsaturated/α-hetero) is 1. The van der Waals surface area contributed by atoms with Crippen LogP contribution in [0.5, 0.6) is 0 Å². The third-order valence-electron chi connectivity index (χ3n) is 5.68. The molecule has 0 aromatic heterocycles. The van der Waals surface area contributed by atoms with Crippen LogP contribution < -0.4 is 4.31 Å². The van der Waals surface area contributed by atoms with Crippen LogP contribution in [0.2, 0.25) is 0 Å². The second-order valence-electron chi connectivity index (χ2n) is 7.93. The number of ether oxygens (including phenoxy) is 1. The smallest absolute Gasteiger partial charge is 0.338 e. The summed E-state index contributed by atoms with van der Waals surface area (Å²) in [5.74, 6) is -1.17. The molecule has 0 N–H and O–H groups in total. The molecule has 2 aromatic rings. The highest BCUT2D eigenvalue weighted by molar-refractivity contribution is 7.93. The van der Waals surface area contributed by atoms with E-state index in [4.69, 9.17) is 4.74 Å². The van der Waals surface area contributed by atoms with Crippen molar-refractivity contribution in [1.82, 2.24) is 4.31 Å². The maximum Gasteiger partial charge on any atom is 0.338 e. The predicted molar refractivity (Wildman–Crippen MR) is 121 cm³/mol. The van der Waals surface area contributed by atoms with Crippen molar-refractivity contribution in [3.05, 3.63) is 59.7 Å². The van der Waals surface area contributed by atoms with Gasteiger partial charge in [-0.2, -0.15) is 4.31 Å². The number of rotatable bonds is 7. The molecule has 0 atom stereocenters. The number of hydrogen-bond donors (Lipinski definition) is 0. The van der Waals surface area contributed by atoms with Crippen LogP contribution in [0.3, 0.4) is 0 Å². The molecule has 0 aliphatic carbocycles. The summed E-state index contributed by atoms with van der Waals surface area (Å²) in [4.78, 5) is 25.0. The lowest BCUT2D eigenvalue weighted by Gasteiger charge is -2.17. The molecule has 33 heavy (non-hydrogen) atoms. The van der Waals surface area contributed by atoms with Gasteiger partial charge >= 0.3 is 5.97 Å². The molecule has 2 aliphatic heterocycles. The Bertz CT molecular complexity index is 1270. The lowest BCUT2D eigenvalue weighted by atomic mass is 10.1. The Morgan fingerprint density at radius 1 is 0.909 bits per heavy atom. The topological polar surface area (TPSA) is 118 Å². The van der Waals surface area contributed by atoms with E-state index in [1.54, 1.807) is 12.1 Å². The summed E-state index contributed by atoms with van der Waals surface area (Å²) in [6, 6.07) is 11.6. The van der Waals surface area contributed by atoms with Crippen LogP contribution >= 0.6 is 0 Å². The van der Waals surface area contributed by atoms with Crippen molar-refractivity contribution in [2.24, 2.45) is 0 Å². The first-order valence-electron chi connectivity index (χ1n) is 10.6. The van der Waals surface area contributed by atoms with E-state index in [2.05, 4.69) is 0 Å². The van der Waals surface area contributed by atoms with Gasteiger partial charge in [0.1, 0.15) is 0 Å². The van der Waals surface area contributed by atoms with Gasteiger partial charge in [0.05, 0.1) is 21.9 Å². The molecule has 0 radical (unpaired) electrons. The molecular formula is C22H24N2O7S2. The lowest BCUT2D eigenvalue weighted by molar-refractivity contribution is 0.0475. The van der Waals surface area contributed by atoms with Gasteiger partial charge in [-0.15, -0.1) is 0 Å². The molecule has 2 aromatic carbocycles. The summed E-state index contributed by atoms with van der Waals surface area (Å²) in [5.41, 5.74) is 0.734. The SMILES string of the molecule is O=C(COC(=O)c1cccc(N2CCCS2(=O)=O)c1)c1ccc(S(=O)(=O)N2CCCC2)cc1. The average Bonchev–Trinajstić information content (AvgIpc) is 3.47. The van der Waals surface area contributed by atoms with Gasteiger partial charge in [0, 0.05) is 25.2 Å². The van der Waals surface area contributed by atoms with Crippen LogP contribution in [0.15, 0.2) is 53.4 Å². The van der Waals surface area contributed by atoms with E-state index in [0.717, 1.165) is 12.8 Å². The van der Waals surface area contributed by atoms with E-state index >= 15 is 0 Å². The zero-order chi connectivity index (χ0) is 23.6. The molecule has 2 aliphatic rings. The fourth-order valence-corrected chi connectivity index (χ4v) is 6.98. The second kappa shape index (κ2) is 9.24. The summed E-state index contributed by atoms with van der Waals surface area (Å²) in [6.07, 6.45) is 2.18. The monoisotopic (exact) mass is 492 g/mol. The molecule has 0 saturated carbocycles.